The molecule has 0 atom stereocenters. The van der Waals surface area contributed by atoms with Crippen molar-refractivity contribution in [3.63, 3.8) is 0 Å². The van der Waals surface area contributed by atoms with Crippen molar-refractivity contribution in [1.82, 2.24) is 0 Å². The number of hydrogen-bond acceptors (Lipinski definition) is 4. The molecule has 6 nitrogen and oxygen atoms in total. The second-order valence-electron chi connectivity index (χ2n) is 5.02. The molecule has 0 radical (unpaired) electrons. The highest BCUT2D eigenvalue weighted by molar-refractivity contribution is 5.92. The van der Waals surface area contributed by atoms with Crippen molar-refractivity contribution in [1.29, 1.82) is 0 Å². The smallest absolute Gasteiger partial charge is 0.303 e. The van der Waals surface area contributed by atoms with Gasteiger partial charge in [0, 0.05) is 18.3 Å². The molecule has 2 aromatic rings. The molecule has 0 bridgehead atoms. The number of aliphatic carboxylic acids is 1. The van der Waals surface area contributed by atoms with E-state index in [0.29, 0.717) is 5.69 Å². The Morgan fingerprint density at radius 3 is 2.33 bits per heavy atom. The fourth-order valence-electron chi connectivity index (χ4n) is 1.91. The maximum atomic E-state index is 11.6. The largest absolute Gasteiger partial charge is 0.497 e. The van der Waals surface area contributed by atoms with Crippen molar-refractivity contribution >= 4 is 29.5 Å². The predicted octanol–water partition coefficient (Wildman–Crippen LogP) is 3.25. The lowest BCUT2D eigenvalue weighted by Gasteiger charge is -2.04. The SMILES string of the molecule is COc1ccc(C=Nc2ccc(NC(=O)CCC(=O)O)cc2)cc1. The molecule has 0 aliphatic carbocycles. The van der Waals surface area contributed by atoms with E-state index < -0.39 is 5.97 Å². The van der Waals surface area contributed by atoms with Crippen LogP contribution in [0.25, 0.3) is 0 Å². The molecule has 0 aromatic heterocycles. The van der Waals surface area contributed by atoms with Gasteiger partial charge >= 0.3 is 5.97 Å². The van der Waals surface area contributed by atoms with Crippen LogP contribution in [0.2, 0.25) is 0 Å². The van der Waals surface area contributed by atoms with Crippen LogP contribution in [0.4, 0.5) is 11.4 Å². The summed E-state index contributed by atoms with van der Waals surface area (Å²) in [6, 6.07) is 14.5. The van der Waals surface area contributed by atoms with Gasteiger partial charge in [-0.25, -0.2) is 0 Å². The Morgan fingerprint density at radius 1 is 1.08 bits per heavy atom. The first-order valence-electron chi connectivity index (χ1n) is 7.36. The predicted molar refractivity (Wildman–Crippen MR) is 92.2 cm³/mol. The van der Waals surface area contributed by atoms with Crippen molar-refractivity contribution in [3.8, 4) is 5.75 Å². The molecule has 24 heavy (non-hydrogen) atoms. The number of anilines is 1. The Hall–Kier alpha value is -3.15. The number of ether oxygens (including phenoxy) is 1. The molecule has 6 heteroatoms. The maximum absolute atomic E-state index is 11.6. The van der Waals surface area contributed by atoms with Gasteiger partial charge in [-0.2, -0.15) is 0 Å². The Balaban J connectivity index is 1.92. The number of nitrogens with zero attached hydrogens (tertiary/aromatic N) is 1. The third-order valence-corrected chi connectivity index (χ3v) is 3.20. The van der Waals surface area contributed by atoms with E-state index in [-0.39, 0.29) is 18.7 Å². The zero-order valence-corrected chi connectivity index (χ0v) is 13.2. The number of carbonyl (C=O) groups is 2. The molecule has 2 aromatic carbocycles. The molecular formula is C18H18N2O4. The third-order valence-electron chi connectivity index (χ3n) is 3.20. The molecule has 0 fully saturated rings. The quantitative estimate of drug-likeness (QED) is 0.765. The second kappa shape index (κ2) is 8.47. The summed E-state index contributed by atoms with van der Waals surface area (Å²) in [5, 5.41) is 11.2. The first-order valence-corrected chi connectivity index (χ1v) is 7.36. The standard InChI is InChI=1S/C18H18N2O4/c1-24-16-8-2-13(3-9-16)12-19-14-4-6-15(7-5-14)20-17(21)10-11-18(22)23/h2-9,12H,10-11H2,1H3,(H,20,21)(H,22,23). The van der Waals surface area contributed by atoms with E-state index in [1.54, 1.807) is 37.6 Å². The lowest BCUT2D eigenvalue weighted by molar-refractivity contribution is -0.138. The Kier molecular flexibility index (Phi) is 6.08. The maximum Gasteiger partial charge on any atom is 0.303 e. The van der Waals surface area contributed by atoms with Crippen LogP contribution in [0.1, 0.15) is 18.4 Å². The molecule has 2 N–H and O–H groups in total. The van der Waals surface area contributed by atoms with Crippen molar-refractivity contribution in [3.05, 3.63) is 54.1 Å². The minimum Gasteiger partial charge on any atom is -0.497 e. The lowest BCUT2D eigenvalue weighted by atomic mass is 10.2. The molecule has 0 saturated carbocycles. The van der Waals surface area contributed by atoms with Crippen LogP contribution in [-0.4, -0.2) is 30.3 Å². The Morgan fingerprint density at radius 2 is 1.75 bits per heavy atom. The molecule has 0 aliphatic rings. The van der Waals surface area contributed by atoms with Crippen molar-refractivity contribution in [2.45, 2.75) is 12.8 Å². The number of rotatable bonds is 7. The summed E-state index contributed by atoms with van der Waals surface area (Å²) in [5.74, 6) is -0.532. The number of carbonyl (C=O) groups excluding carboxylic acids is 1. The van der Waals surface area contributed by atoms with Gasteiger partial charge in [-0.1, -0.05) is 0 Å². The molecular weight excluding hydrogens is 308 g/mol. The van der Waals surface area contributed by atoms with Crippen LogP contribution in [0.5, 0.6) is 5.75 Å². The fourth-order valence-corrected chi connectivity index (χ4v) is 1.91. The zero-order valence-electron chi connectivity index (χ0n) is 13.2. The number of benzene rings is 2. The number of amides is 1. The zero-order chi connectivity index (χ0) is 17.4. The first-order chi connectivity index (χ1) is 11.6. The molecule has 0 unspecified atom stereocenters. The van der Waals surface area contributed by atoms with E-state index in [0.717, 1.165) is 17.0 Å². The van der Waals surface area contributed by atoms with Gasteiger partial charge in [0.15, 0.2) is 0 Å². The number of carboxylic acids is 1. The van der Waals surface area contributed by atoms with E-state index >= 15 is 0 Å². The van der Waals surface area contributed by atoms with Crippen LogP contribution < -0.4 is 10.1 Å². The van der Waals surface area contributed by atoms with Crippen molar-refractivity contribution < 1.29 is 19.4 Å². The van der Waals surface area contributed by atoms with Gasteiger partial charge in [-0.05, 0) is 54.1 Å². The number of hydrogen-bond donors (Lipinski definition) is 2. The highest BCUT2D eigenvalue weighted by Gasteiger charge is 2.05. The van der Waals surface area contributed by atoms with Crippen LogP contribution in [-0.2, 0) is 9.59 Å². The van der Waals surface area contributed by atoms with Crippen molar-refractivity contribution in [2.75, 3.05) is 12.4 Å². The van der Waals surface area contributed by atoms with Crippen LogP contribution >= 0.6 is 0 Å². The normalized spacial score (nSPS) is 10.5. The highest BCUT2D eigenvalue weighted by atomic mass is 16.5. The van der Waals surface area contributed by atoms with Crippen LogP contribution in [0, 0.1) is 0 Å². The monoisotopic (exact) mass is 326 g/mol. The van der Waals surface area contributed by atoms with Gasteiger partial charge in [-0.3, -0.25) is 14.6 Å². The van der Waals surface area contributed by atoms with E-state index in [1.807, 2.05) is 24.3 Å². The van der Waals surface area contributed by atoms with E-state index in [4.69, 9.17) is 9.84 Å². The number of nitrogens with one attached hydrogen (secondary N) is 1. The van der Waals surface area contributed by atoms with Gasteiger partial charge in [0.1, 0.15) is 5.75 Å². The highest BCUT2D eigenvalue weighted by Crippen LogP contribution is 2.17. The van der Waals surface area contributed by atoms with E-state index in [1.165, 1.54) is 0 Å². The molecule has 0 heterocycles. The van der Waals surface area contributed by atoms with Gasteiger partial charge < -0.3 is 15.2 Å². The molecule has 1 amide bonds. The van der Waals surface area contributed by atoms with Gasteiger partial charge in [0.25, 0.3) is 0 Å². The lowest BCUT2D eigenvalue weighted by Crippen LogP contribution is -2.12. The number of aliphatic imine (C=N–C) groups is 1. The molecule has 0 spiro atoms. The summed E-state index contributed by atoms with van der Waals surface area (Å²) in [6.07, 6.45) is 1.50. The summed E-state index contributed by atoms with van der Waals surface area (Å²) in [5.41, 5.74) is 2.30. The number of carboxylic acid groups (broad SMARTS) is 1. The molecule has 0 aliphatic heterocycles. The Bertz CT molecular complexity index is 722. The van der Waals surface area contributed by atoms with E-state index in [9.17, 15) is 9.59 Å². The summed E-state index contributed by atoms with van der Waals surface area (Å²) in [6.45, 7) is 0. The Labute approximate surface area is 139 Å². The van der Waals surface area contributed by atoms with Crippen LogP contribution in [0.15, 0.2) is 53.5 Å². The summed E-state index contributed by atoms with van der Waals surface area (Å²) in [7, 11) is 1.62. The van der Waals surface area contributed by atoms with Gasteiger partial charge in [-0.15, -0.1) is 0 Å². The van der Waals surface area contributed by atoms with Gasteiger partial charge in [0.2, 0.25) is 5.91 Å². The first kappa shape index (κ1) is 17.2. The number of methoxy groups -OCH3 is 1. The minimum atomic E-state index is -0.992. The van der Waals surface area contributed by atoms with E-state index in [2.05, 4.69) is 10.3 Å². The molecule has 2 rings (SSSR count). The summed E-state index contributed by atoms with van der Waals surface area (Å²) < 4.78 is 5.10. The average molecular weight is 326 g/mol. The molecule has 0 saturated heterocycles. The molecule has 124 valence electrons. The topological polar surface area (TPSA) is 88.0 Å². The van der Waals surface area contributed by atoms with Crippen molar-refractivity contribution in [2.24, 2.45) is 4.99 Å². The summed E-state index contributed by atoms with van der Waals surface area (Å²) in [4.78, 5) is 26.3. The van der Waals surface area contributed by atoms with Gasteiger partial charge in [0.05, 0.1) is 19.2 Å². The third kappa shape index (κ3) is 5.57. The van der Waals surface area contributed by atoms with Crippen LogP contribution in [0.3, 0.4) is 0 Å². The summed E-state index contributed by atoms with van der Waals surface area (Å²) >= 11 is 0. The fraction of sp³-hybridized carbons (Fsp3) is 0.167. The average Bonchev–Trinajstić information content (AvgIpc) is 2.60. The second-order valence-corrected chi connectivity index (χ2v) is 5.02. The minimum absolute atomic E-state index is 0.0489.